The second kappa shape index (κ2) is 6.53. The predicted molar refractivity (Wildman–Crippen MR) is 103 cm³/mol. The van der Waals surface area contributed by atoms with Gasteiger partial charge in [-0.25, -0.2) is 4.68 Å². The first kappa shape index (κ1) is 16.3. The highest BCUT2D eigenvalue weighted by Gasteiger charge is 2.05. The first-order valence-electron chi connectivity index (χ1n) is 7.55. The minimum atomic E-state index is -0.134. The second-order valence-corrected chi connectivity index (χ2v) is 6.63. The van der Waals surface area contributed by atoms with E-state index in [4.69, 9.17) is 0 Å². The number of halogens is 1. The van der Waals surface area contributed by atoms with Gasteiger partial charge in [-0.2, -0.15) is 0 Å². The molecule has 0 amide bonds. The van der Waals surface area contributed by atoms with E-state index in [1.54, 1.807) is 6.20 Å². The van der Waals surface area contributed by atoms with Crippen LogP contribution in [0, 0.1) is 13.8 Å². The summed E-state index contributed by atoms with van der Waals surface area (Å²) in [5, 5.41) is 7.25. The molecular weight excluding hydrogens is 366 g/mol. The molecule has 0 unspecified atom stereocenters. The van der Waals surface area contributed by atoms with Crippen molar-refractivity contribution < 1.29 is 0 Å². The van der Waals surface area contributed by atoms with Gasteiger partial charge in [0.25, 0.3) is 5.56 Å². The lowest BCUT2D eigenvalue weighted by Gasteiger charge is -2.04. The van der Waals surface area contributed by atoms with Gasteiger partial charge in [-0.1, -0.05) is 34.6 Å². The van der Waals surface area contributed by atoms with Gasteiger partial charge in [0.1, 0.15) is 0 Å². The number of nitrogens with one attached hydrogen (secondary N) is 2. The van der Waals surface area contributed by atoms with E-state index in [9.17, 15) is 4.79 Å². The number of aryl methyl sites for hydroxylation is 2. The van der Waals surface area contributed by atoms with E-state index in [0.29, 0.717) is 10.6 Å². The van der Waals surface area contributed by atoms with E-state index >= 15 is 0 Å². The third kappa shape index (κ3) is 3.21. The molecule has 4 nitrogen and oxygen atoms in total. The van der Waals surface area contributed by atoms with Crippen molar-refractivity contribution in [2.24, 2.45) is 0 Å². The molecule has 0 spiro atoms. The first-order chi connectivity index (χ1) is 11.5. The lowest BCUT2D eigenvalue weighted by molar-refractivity contribution is 0.837. The van der Waals surface area contributed by atoms with E-state index in [2.05, 4.69) is 32.9 Å². The fourth-order valence-electron chi connectivity index (χ4n) is 2.42. The monoisotopic (exact) mass is 383 g/mol. The van der Waals surface area contributed by atoms with Crippen LogP contribution in [0.2, 0.25) is 0 Å². The zero-order valence-electron chi connectivity index (χ0n) is 13.6. The standard InChI is InChI=1S/C19H18BrN3O/c1-12-7-8-17(9-13(12)2)23-19(24)18(14(3)22-23)11-21-16-6-4-5-15(20)10-16/h4-11,21-22H,3H2,1-2H3. The number of hydrogen-bond donors (Lipinski definition) is 2. The molecule has 1 aromatic heterocycles. The molecule has 0 bridgehead atoms. The van der Waals surface area contributed by atoms with Gasteiger partial charge < -0.3 is 5.32 Å². The SMILES string of the molecule is C=c1[nH]n(-c2ccc(C)c(C)c2)c(=O)c1=CNc1cccc(Br)c1. The Kier molecular flexibility index (Phi) is 4.44. The molecule has 0 radical (unpaired) electrons. The quantitative estimate of drug-likeness (QED) is 0.730. The molecule has 2 N–H and O–H groups in total. The maximum atomic E-state index is 12.7. The van der Waals surface area contributed by atoms with Crippen molar-refractivity contribution in [3.05, 3.63) is 79.0 Å². The summed E-state index contributed by atoms with van der Waals surface area (Å²) in [5.74, 6) is 0. The second-order valence-electron chi connectivity index (χ2n) is 5.71. The van der Waals surface area contributed by atoms with Gasteiger partial charge in [0, 0.05) is 16.4 Å². The number of aromatic nitrogens is 2. The molecular formula is C19H18BrN3O. The molecule has 5 heteroatoms. The Morgan fingerprint density at radius 1 is 1.17 bits per heavy atom. The van der Waals surface area contributed by atoms with E-state index in [-0.39, 0.29) is 5.56 Å². The molecule has 0 aliphatic heterocycles. The fourth-order valence-corrected chi connectivity index (χ4v) is 2.82. The van der Waals surface area contributed by atoms with Crippen LogP contribution in [0.1, 0.15) is 11.1 Å². The van der Waals surface area contributed by atoms with Crippen LogP contribution in [0.5, 0.6) is 0 Å². The molecule has 122 valence electrons. The number of nitrogens with zero attached hydrogens (tertiary/aromatic N) is 1. The lowest BCUT2D eigenvalue weighted by Crippen LogP contribution is -2.34. The summed E-state index contributed by atoms with van der Waals surface area (Å²) in [6, 6.07) is 13.6. The van der Waals surface area contributed by atoms with Crippen LogP contribution in [0.25, 0.3) is 18.5 Å². The summed E-state index contributed by atoms with van der Waals surface area (Å²) >= 11 is 3.43. The van der Waals surface area contributed by atoms with E-state index in [0.717, 1.165) is 21.4 Å². The average Bonchev–Trinajstić information content (AvgIpc) is 2.83. The van der Waals surface area contributed by atoms with E-state index in [1.807, 2.05) is 56.3 Å². The van der Waals surface area contributed by atoms with Crippen LogP contribution in [0.3, 0.4) is 0 Å². The van der Waals surface area contributed by atoms with Gasteiger partial charge in [-0.05, 0) is 55.3 Å². The van der Waals surface area contributed by atoms with Crippen LogP contribution < -0.4 is 21.4 Å². The van der Waals surface area contributed by atoms with Gasteiger partial charge in [0.15, 0.2) is 0 Å². The van der Waals surface area contributed by atoms with Gasteiger partial charge in [-0.15, -0.1) is 0 Å². The zero-order chi connectivity index (χ0) is 17.3. The van der Waals surface area contributed by atoms with Crippen molar-refractivity contribution in [3.8, 4) is 5.69 Å². The Bertz CT molecular complexity index is 1060. The Morgan fingerprint density at radius 2 is 1.96 bits per heavy atom. The molecule has 0 aliphatic rings. The molecule has 3 rings (SSSR count). The highest BCUT2D eigenvalue weighted by Crippen LogP contribution is 2.15. The molecule has 0 atom stereocenters. The van der Waals surface area contributed by atoms with Gasteiger partial charge in [-0.3, -0.25) is 9.89 Å². The van der Waals surface area contributed by atoms with Crippen LogP contribution in [0.15, 0.2) is 51.7 Å². The van der Waals surface area contributed by atoms with Crippen LogP contribution >= 0.6 is 15.9 Å². The van der Waals surface area contributed by atoms with Crippen molar-refractivity contribution in [1.82, 2.24) is 9.78 Å². The molecule has 0 aliphatic carbocycles. The summed E-state index contributed by atoms with van der Waals surface area (Å²) in [6.07, 6.45) is 1.68. The Balaban J connectivity index is 2.03. The average molecular weight is 384 g/mol. The zero-order valence-corrected chi connectivity index (χ0v) is 15.1. The minimum absolute atomic E-state index is 0.134. The summed E-state index contributed by atoms with van der Waals surface area (Å²) in [5.41, 5.74) is 3.89. The topological polar surface area (TPSA) is 49.8 Å². The minimum Gasteiger partial charge on any atom is -0.361 e. The van der Waals surface area contributed by atoms with Crippen molar-refractivity contribution in [1.29, 1.82) is 0 Å². The van der Waals surface area contributed by atoms with E-state index in [1.165, 1.54) is 10.2 Å². The first-order valence-corrected chi connectivity index (χ1v) is 8.35. The molecule has 0 saturated heterocycles. The fraction of sp³-hybridized carbons (Fsp3) is 0.105. The highest BCUT2D eigenvalue weighted by atomic mass is 79.9. The van der Waals surface area contributed by atoms with Crippen LogP contribution in [-0.4, -0.2) is 9.78 Å². The van der Waals surface area contributed by atoms with Gasteiger partial charge >= 0.3 is 0 Å². The van der Waals surface area contributed by atoms with Crippen molar-refractivity contribution in [2.75, 3.05) is 5.32 Å². The Morgan fingerprint density at radius 3 is 2.67 bits per heavy atom. The van der Waals surface area contributed by atoms with Crippen molar-refractivity contribution in [2.45, 2.75) is 13.8 Å². The van der Waals surface area contributed by atoms with Gasteiger partial charge in [0.2, 0.25) is 0 Å². The summed E-state index contributed by atoms with van der Waals surface area (Å²) in [4.78, 5) is 12.7. The Hall–Kier alpha value is -2.53. The number of aromatic amines is 1. The maximum Gasteiger partial charge on any atom is 0.280 e. The summed E-state index contributed by atoms with van der Waals surface area (Å²) < 4.78 is 2.49. The summed E-state index contributed by atoms with van der Waals surface area (Å²) in [6.45, 7) is 8.01. The van der Waals surface area contributed by atoms with Crippen LogP contribution in [-0.2, 0) is 0 Å². The number of hydrogen-bond acceptors (Lipinski definition) is 2. The third-order valence-electron chi connectivity index (χ3n) is 3.96. The number of H-pyrrole nitrogens is 1. The highest BCUT2D eigenvalue weighted by molar-refractivity contribution is 9.10. The molecule has 24 heavy (non-hydrogen) atoms. The van der Waals surface area contributed by atoms with Crippen LogP contribution in [0.4, 0.5) is 5.69 Å². The number of rotatable bonds is 3. The lowest BCUT2D eigenvalue weighted by atomic mass is 10.1. The van der Waals surface area contributed by atoms with Gasteiger partial charge in [0.05, 0.1) is 16.3 Å². The molecule has 1 heterocycles. The molecule has 2 aromatic carbocycles. The van der Waals surface area contributed by atoms with Crippen molar-refractivity contribution in [3.63, 3.8) is 0 Å². The van der Waals surface area contributed by atoms with E-state index < -0.39 is 0 Å². The Labute approximate surface area is 148 Å². The van der Waals surface area contributed by atoms with Crippen molar-refractivity contribution >= 4 is 34.4 Å². The largest absolute Gasteiger partial charge is 0.361 e. The maximum absolute atomic E-state index is 12.7. The molecule has 0 fully saturated rings. The smallest absolute Gasteiger partial charge is 0.280 e. The normalized spacial score (nSPS) is 11.7. The molecule has 0 saturated carbocycles. The molecule has 3 aromatic rings. The third-order valence-corrected chi connectivity index (χ3v) is 4.46. The summed E-state index contributed by atoms with van der Waals surface area (Å²) in [7, 11) is 0. The predicted octanol–water partition coefficient (Wildman–Crippen LogP) is 2.81. The number of anilines is 1. The number of benzene rings is 2.